The number of alkyl halides is 3. The fourth-order valence-electron chi connectivity index (χ4n) is 1.36. The van der Waals surface area contributed by atoms with Crippen LogP contribution in [0, 0.1) is 0 Å². The second-order valence-corrected chi connectivity index (χ2v) is 3.94. The van der Waals surface area contributed by atoms with Gasteiger partial charge in [-0.05, 0) is 13.3 Å². The van der Waals surface area contributed by atoms with Crippen molar-refractivity contribution in [2.24, 2.45) is 0 Å². The summed E-state index contributed by atoms with van der Waals surface area (Å²) in [6.45, 7) is 2.71. The first-order chi connectivity index (χ1) is 6.95. The summed E-state index contributed by atoms with van der Waals surface area (Å²) in [4.78, 5) is 0. The highest BCUT2D eigenvalue weighted by molar-refractivity contribution is 4.54. The van der Waals surface area contributed by atoms with E-state index in [-0.39, 0.29) is 6.10 Å². The van der Waals surface area contributed by atoms with Crippen molar-refractivity contribution in [3.63, 3.8) is 0 Å². The molecule has 0 saturated heterocycles. The topological polar surface area (TPSA) is 9.23 Å². The zero-order chi connectivity index (χ0) is 11.7. The van der Waals surface area contributed by atoms with Crippen molar-refractivity contribution < 1.29 is 17.9 Å². The molecule has 15 heavy (non-hydrogen) atoms. The molecule has 0 aliphatic heterocycles. The van der Waals surface area contributed by atoms with Crippen LogP contribution in [-0.4, -0.2) is 18.9 Å². The average Bonchev–Trinajstić information content (AvgIpc) is 2.13. The molecule has 1 nitrogen and oxygen atoms in total. The van der Waals surface area contributed by atoms with Gasteiger partial charge < -0.3 is 4.74 Å². The molecule has 0 heterocycles. The molecule has 0 aromatic heterocycles. The lowest BCUT2D eigenvalue weighted by molar-refractivity contribution is -0.184. The number of halogens is 3. The normalized spacial score (nSPS) is 14.2. The fourth-order valence-corrected chi connectivity index (χ4v) is 1.36. The maximum atomic E-state index is 11.8. The molecule has 0 N–H and O–H groups in total. The molecule has 0 aliphatic carbocycles. The monoisotopic (exact) mass is 226 g/mol. The van der Waals surface area contributed by atoms with E-state index in [2.05, 4.69) is 11.7 Å². The largest absolute Gasteiger partial charge is 0.411 e. The third-order valence-corrected chi connectivity index (χ3v) is 2.25. The Balaban J connectivity index is 3.30. The molecule has 4 heteroatoms. The predicted molar refractivity (Wildman–Crippen MR) is 54.8 cm³/mol. The van der Waals surface area contributed by atoms with Gasteiger partial charge in [0.1, 0.15) is 6.61 Å². The van der Waals surface area contributed by atoms with Gasteiger partial charge in [-0.25, -0.2) is 0 Å². The van der Waals surface area contributed by atoms with Crippen molar-refractivity contribution in [1.29, 1.82) is 0 Å². The van der Waals surface area contributed by atoms with Gasteiger partial charge in [-0.3, -0.25) is 0 Å². The molecule has 0 aromatic rings. The first-order valence-corrected chi connectivity index (χ1v) is 5.64. The maximum absolute atomic E-state index is 11.8. The summed E-state index contributed by atoms with van der Waals surface area (Å²) in [5.74, 6) is 0. The Bertz CT molecular complexity index is 145. The minimum Gasteiger partial charge on any atom is -0.369 e. The van der Waals surface area contributed by atoms with Crippen molar-refractivity contribution in [2.45, 2.75) is 64.7 Å². The molecule has 0 spiro atoms. The Morgan fingerprint density at radius 2 is 1.67 bits per heavy atom. The summed E-state index contributed by atoms with van der Waals surface area (Å²) in [6, 6.07) is 0. The van der Waals surface area contributed by atoms with Crippen LogP contribution in [0.4, 0.5) is 13.2 Å². The average molecular weight is 226 g/mol. The minimum atomic E-state index is -4.20. The molecule has 0 amide bonds. The van der Waals surface area contributed by atoms with Crippen LogP contribution < -0.4 is 0 Å². The molecular weight excluding hydrogens is 205 g/mol. The molecular formula is C11H21F3O. The van der Waals surface area contributed by atoms with Crippen LogP contribution >= 0.6 is 0 Å². The van der Waals surface area contributed by atoms with Gasteiger partial charge in [0.05, 0.1) is 6.10 Å². The summed E-state index contributed by atoms with van der Waals surface area (Å²) >= 11 is 0. The number of hydrogen-bond acceptors (Lipinski definition) is 1. The van der Waals surface area contributed by atoms with E-state index in [1.807, 2.05) is 0 Å². The van der Waals surface area contributed by atoms with E-state index in [9.17, 15) is 13.2 Å². The number of hydrogen-bond donors (Lipinski definition) is 0. The van der Waals surface area contributed by atoms with E-state index in [1.54, 1.807) is 6.92 Å². The lowest BCUT2D eigenvalue weighted by atomic mass is 10.1. The first-order valence-electron chi connectivity index (χ1n) is 5.64. The quantitative estimate of drug-likeness (QED) is 0.560. The highest BCUT2D eigenvalue weighted by Crippen LogP contribution is 2.17. The van der Waals surface area contributed by atoms with E-state index in [0.29, 0.717) is 0 Å². The first kappa shape index (κ1) is 14.8. The van der Waals surface area contributed by atoms with Gasteiger partial charge in [-0.2, -0.15) is 13.2 Å². The molecule has 0 aliphatic rings. The molecule has 0 saturated carbocycles. The van der Waals surface area contributed by atoms with Gasteiger partial charge in [-0.1, -0.05) is 39.0 Å². The SMILES string of the molecule is CCCCCCCC(C)OCC(F)(F)F. The van der Waals surface area contributed by atoms with Crippen LogP contribution in [0.1, 0.15) is 52.4 Å². The number of rotatable bonds is 8. The highest BCUT2D eigenvalue weighted by atomic mass is 19.4. The molecule has 0 rings (SSSR count). The fraction of sp³-hybridized carbons (Fsp3) is 1.00. The third kappa shape index (κ3) is 11.7. The van der Waals surface area contributed by atoms with Crippen molar-refractivity contribution >= 4 is 0 Å². The summed E-state index contributed by atoms with van der Waals surface area (Å²) in [5.41, 5.74) is 0. The molecule has 1 unspecified atom stereocenters. The van der Waals surface area contributed by atoms with Crippen LogP contribution in [0.2, 0.25) is 0 Å². The molecule has 1 atom stereocenters. The van der Waals surface area contributed by atoms with Crippen molar-refractivity contribution in [1.82, 2.24) is 0 Å². The van der Waals surface area contributed by atoms with Crippen molar-refractivity contribution in [2.75, 3.05) is 6.61 Å². The Hall–Kier alpha value is -0.250. The van der Waals surface area contributed by atoms with E-state index < -0.39 is 12.8 Å². The summed E-state index contributed by atoms with van der Waals surface area (Å²) in [7, 11) is 0. The lowest BCUT2D eigenvalue weighted by Crippen LogP contribution is -2.21. The van der Waals surface area contributed by atoms with Gasteiger partial charge >= 0.3 is 6.18 Å². The predicted octanol–water partition coefficient (Wildman–Crippen LogP) is 4.31. The smallest absolute Gasteiger partial charge is 0.369 e. The second kappa shape index (κ2) is 7.97. The summed E-state index contributed by atoms with van der Waals surface area (Å²) in [6.07, 6.45) is 1.84. The Labute approximate surface area is 90.0 Å². The van der Waals surface area contributed by atoms with E-state index >= 15 is 0 Å². The number of unbranched alkanes of at least 4 members (excludes halogenated alkanes) is 4. The van der Waals surface area contributed by atoms with E-state index in [0.717, 1.165) is 19.3 Å². The van der Waals surface area contributed by atoms with Gasteiger partial charge in [0, 0.05) is 0 Å². The van der Waals surface area contributed by atoms with E-state index in [4.69, 9.17) is 0 Å². The Morgan fingerprint density at radius 1 is 1.07 bits per heavy atom. The molecule has 0 bridgehead atoms. The van der Waals surface area contributed by atoms with E-state index in [1.165, 1.54) is 19.3 Å². The van der Waals surface area contributed by atoms with Crippen molar-refractivity contribution in [3.05, 3.63) is 0 Å². The lowest BCUT2D eigenvalue weighted by Gasteiger charge is -2.14. The zero-order valence-electron chi connectivity index (χ0n) is 9.57. The van der Waals surface area contributed by atoms with Gasteiger partial charge in [0.15, 0.2) is 0 Å². The summed E-state index contributed by atoms with van der Waals surface area (Å²) in [5, 5.41) is 0. The van der Waals surface area contributed by atoms with Crippen LogP contribution in [-0.2, 0) is 4.74 Å². The van der Waals surface area contributed by atoms with Crippen LogP contribution in [0.3, 0.4) is 0 Å². The highest BCUT2D eigenvalue weighted by Gasteiger charge is 2.28. The second-order valence-electron chi connectivity index (χ2n) is 3.94. The summed E-state index contributed by atoms with van der Waals surface area (Å²) < 4.78 is 40.0. The van der Waals surface area contributed by atoms with Gasteiger partial charge in [0.25, 0.3) is 0 Å². The molecule has 0 radical (unpaired) electrons. The molecule has 0 fully saturated rings. The van der Waals surface area contributed by atoms with Crippen molar-refractivity contribution in [3.8, 4) is 0 Å². The maximum Gasteiger partial charge on any atom is 0.411 e. The standard InChI is InChI=1S/C11H21F3O/c1-3-4-5-6-7-8-10(2)15-9-11(12,13)14/h10H,3-9H2,1-2H3. The van der Waals surface area contributed by atoms with Crippen LogP contribution in [0.25, 0.3) is 0 Å². The number of ether oxygens (including phenoxy) is 1. The zero-order valence-corrected chi connectivity index (χ0v) is 9.57. The van der Waals surface area contributed by atoms with Gasteiger partial charge in [-0.15, -0.1) is 0 Å². The minimum absolute atomic E-state index is 0.284. The Kier molecular flexibility index (Phi) is 7.83. The molecule has 0 aromatic carbocycles. The van der Waals surface area contributed by atoms with Gasteiger partial charge in [0.2, 0.25) is 0 Å². The third-order valence-electron chi connectivity index (χ3n) is 2.25. The van der Waals surface area contributed by atoms with Crippen LogP contribution in [0.5, 0.6) is 0 Å². The molecule has 92 valence electrons. The Morgan fingerprint density at radius 3 is 2.20 bits per heavy atom. The van der Waals surface area contributed by atoms with Crippen LogP contribution in [0.15, 0.2) is 0 Å².